The molecule has 0 bridgehead atoms. The highest BCUT2D eigenvalue weighted by atomic mass is 16.5. The van der Waals surface area contributed by atoms with E-state index in [-0.39, 0.29) is 18.5 Å². The summed E-state index contributed by atoms with van der Waals surface area (Å²) in [6.07, 6.45) is 42.3. The summed E-state index contributed by atoms with van der Waals surface area (Å²) in [5, 5.41) is 9.31. The molecule has 1 N–H and O–H groups in total. The molecular formula is C48H91NO5. The van der Waals surface area contributed by atoms with Crippen LogP contribution < -0.4 is 0 Å². The fourth-order valence-corrected chi connectivity index (χ4v) is 7.19. The number of nitrogens with zero attached hydrogens (tertiary/aromatic N) is 1. The van der Waals surface area contributed by atoms with Gasteiger partial charge in [0, 0.05) is 19.4 Å². The highest BCUT2D eigenvalue weighted by molar-refractivity contribution is 5.69. The molecule has 2 atom stereocenters. The van der Waals surface area contributed by atoms with Gasteiger partial charge in [-0.1, -0.05) is 142 Å². The number of aliphatic hydroxyl groups excluding tert-OH is 1. The van der Waals surface area contributed by atoms with Gasteiger partial charge in [-0.3, -0.25) is 9.59 Å². The third kappa shape index (κ3) is 37.3. The molecule has 0 aliphatic heterocycles. The van der Waals surface area contributed by atoms with Crippen molar-refractivity contribution in [2.75, 3.05) is 39.5 Å². The van der Waals surface area contributed by atoms with Crippen LogP contribution in [0.3, 0.4) is 0 Å². The zero-order valence-electron chi connectivity index (χ0n) is 36.4. The Morgan fingerprint density at radius 3 is 1.28 bits per heavy atom. The van der Waals surface area contributed by atoms with Crippen molar-refractivity contribution in [2.24, 2.45) is 11.8 Å². The van der Waals surface area contributed by atoms with Gasteiger partial charge in [-0.05, 0) is 121 Å². The number of carbonyl (C=O) groups excluding carboxylic acids is 2. The van der Waals surface area contributed by atoms with Crippen LogP contribution in [-0.2, 0) is 19.1 Å². The second kappa shape index (κ2) is 42.5. The van der Waals surface area contributed by atoms with Crippen LogP contribution in [0.1, 0.15) is 220 Å². The van der Waals surface area contributed by atoms with Crippen LogP contribution >= 0.6 is 0 Å². The number of allylic oxidation sites excluding steroid dienone is 4. The third-order valence-corrected chi connectivity index (χ3v) is 10.8. The van der Waals surface area contributed by atoms with E-state index in [0.29, 0.717) is 37.9 Å². The average Bonchev–Trinajstić information content (AvgIpc) is 3.17. The molecule has 0 aromatic rings. The maximum atomic E-state index is 12.6. The van der Waals surface area contributed by atoms with E-state index in [0.717, 1.165) is 122 Å². The fraction of sp³-hybridized carbons (Fsp3) is 0.875. The fourth-order valence-electron chi connectivity index (χ4n) is 7.19. The normalized spacial score (nSPS) is 13.0. The van der Waals surface area contributed by atoms with Gasteiger partial charge in [0.05, 0.1) is 13.2 Å². The Labute approximate surface area is 336 Å². The molecule has 0 spiro atoms. The average molecular weight is 762 g/mol. The van der Waals surface area contributed by atoms with Crippen LogP contribution in [-0.4, -0.2) is 61.4 Å². The molecule has 0 heterocycles. The molecular weight excluding hydrogens is 671 g/mol. The smallest absolute Gasteiger partial charge is 0.305 e. The van der Waals surface area contributed by atoms with Crippen molar-refractivity contribution in [1.82, 2.24) is 4.90 Å². The molecule has 0 aromatic heterocycles. The van der Waals surface area contributed by atoms with Crippen molar-refractivity contribution < 1.29 is 24.2 Å². The van der Waals surface area contributed by atoms with E-state index < -0.39 is 0 Å². The van der Waals surface area contributed by atoms with E-state index in [1.165, 1.54) is 77.0 Å². The summed E-state index contributed by atoms with van der Waals surface area (Å²) < 4.78 is 11.6. The minimum absolute atomic E-state index is 0.0390. The van der Waals surface area contributed by atoms with E-state index in [4.69, 9.17) is 9.47 Å². The van der Waals surface area contributed by atoms with Crippen LogP contribution in [0.15, 0.2) is 24.3 Å². The predicted octanol–water partition coefficient (Wildman–Crippen LogP) is 13.5. The summed E-state index contributed by atoms with van der Waals surface area (Å²) in [7, 11) is 0. The zero-order chi connectivity index (χ0) is 39.6. The predicted molar refractivity (Wildman–Crippen MR) is 232 cm³/mol. The van der Waals surface area contributed by atoms with Crippen molar-refractivity contribution in [3.8, 4) is 0 Å². The molecule has 0 saturated carbocycles. The van der Waals surface area contributed by atoms with Gasteiger partial charge in [-0.15, -0.1) is 0 Å². The molecule has 2 unspecified atom stereocenters. The number of unbranched alkanes of at least 4 members (excludes halogenated alkanes) is 15. The minimum Gasteiger partial charge on any atom is -0.465 e. The highest BCUT2D eigenvalue weighted by Gasteiger charge is 2.14. The Balaban J connectivity index is 4.42. The number of hydrogen-bond donors (Lipinski definition) is 1. The summed E-state index contributed by atoms with van der Waals surface area (Å²) in [5.74, 6) is 0.857. The first kappa shape index (κ1) is 52.3. The summed E-state index contributed by atoms with van der Waals surface area (Å²) in [5.41, 5.74) is 0. The molecule has 0 amide bonds. The topological polar surface area (TPSA) is 76.1 Å². The van der Waals surface area contributed by atoms with Gasteiger partial charge in [0.2, 0.25) is 0 Å². The molecule has 0 rings (SSSR count). The summed E-state index contributed by atoms with van der Waals surface area (Å²) in [6, 6.07) is 0. The van der Waals surface area contributed by atoms with Crippen LogP contribution in [0.5, 0.6) is 0 Å². The number of rotatable bonds is 42. The molecule has 54 heavy (non-hydrogen) atoms. The number of ether oxygens (including phenoxy) is 2. The highest BCUT2D eigenvalue weighted by Crippen LogP contribution is 2.20. The summed E-state index contributed by atoms with van der Waals surface area (Å²) >= 11 is 0. The quantitative estimate of drug-likeness (QED) is 0.0379. The van der Waals surface area contributed by atoms with Gasteiger partial charge >= 0.3 is 11.9 Å². The minimum atomic E-state index is -0.0390. The van der Waals surface area contributed by atoms with Gasteiger partial charge < -0.3 is 19.5 Å². The number of hydrogen-bond acceptors (Lipinski definition) is 6. The van der Waals surface area contributed by atoms with Crippen LogP contribution in [0.2, 0.25) is 0 Å². The molecule has 0 fully saturated rings. The second-order valence-electron chi connectivity index (χ2n) is 16.0. The first-order chi connectivity index (χ1) is 26.5. The molecule has 0 radical (unpaired) electrons. The van der Waals surface area contributed by atoms with E-state index in [1.54, 1.807) is 0 Å². The van der Waals surface area contributed by atoms with Crippen molar-refractivity contribution in [1.29, 1.82) is 0 Å². The lowest BCUT2D eigenvalue weighted by molar-refractivity contribution is -0.146. The maximum Gasteiger partial charge on any atom is 0.305 e. The van der Waals surface area contributed by atoms with Gasteiger partial charge in [0.15, 0.2) is 0 Å². The van der Waals surface area contributed by atoms with E-state index in [1.807, 2.05) is 0 Å². The van der Waals surface area contributed by atoms with Crippen molar-refractivity contribution >= 4 is 11.9 Å². The van der Waals surface area contributed by atoms with Gasteiger partial charge in [0.25, 0.3) is 0 Å². The zero-order valence-corrected chi connectivity index (χ0v) is 36.4. The molecule has 0 aliphatic carbocycles. The van der Waals surface area contributed by atoms with Crippen molar-refractivity contribution in [3.63, 3.8) is 0 Å². The third-order valence-electron chi connectivity index (χ3n) is 10.8. The van der Waals surface area contributed by atoms with Gasteiger partial charge in [-0.2, -0.15) is 0 Å². The van der Waals surface area contributed by atoms with Crippen LogP contribution in [0.4, 0.5) is 0 Å². The monoisotopic (exact) mass is 762 g/mol. The van der Waals surface area contributed by atoms with Crippen LogP contribution in [0, 0.1) is 11.8 Å². The number of carbonyl (C=O) groups is 2. The van der Waals surface area contributed by atoms with Crippen molar-refractivity contribution in [2.45, 2.75) is 220 Å². The Bertz CT molecular complexity index is 794. The molecule has 0 aliphatic rings. The summed E-state index contributed by atoms with van der Waals surface area (Å²) in [6.45, 7) is 13.3. The molecule has 0 saturated heterocycles. The van der Waals surface area contributed by atoms with Crippen LogP contribution in [0.25, 0.3) is 0 Å². The second-order valence-corrected chi connectivity index (χ2v) is 16.0. The Hall–Kier alpha value is -1.66. The Morgan fingerprint density at radius 1 is 0.481 bits per heavy atom. The molecule has 0 aromatic carbocycles. The number of esters is 2. The van der Waals surface area contributed by atoms with E-state index in [2.05, 4.69) is 56.9 Å². The van der Waals surface area contributed by atoms with Gasteiger partial charge in [0.1, 0.15) is 0 Å². The lowest BCUT2D eigenvalue weighted by Crippen LogP contribution is -2.27. The Morgan fingerprint density at radius 2 is 0.870 bits per heavy atom. The first-order valence-corrected chi connectivity index (χ1v) is 23.4. The molecule has 6 heteroatoms. The lowest BCUT2D eigenvalue weighted by atomic mass is 9.96. The number of aliphatic hydroxyl groups is 1. The van der Waals surface area contributed by atoms with Crippen molar-refractivity contribution in [3.05, 3.63) is 24.3 Å². The SMILES string of the molecule is CC/C=C/CCC(CCCCCCCC)COC(=O)CCCCCN(CCCCO)CCCCCC(=O)OCC(CC/C=C/CC)CCCCCCCC. The first-order valence-electron chi connectivity index (χ1n) is 23.4. The summed E-state index contributed by atoms with van der Waals surface area (Å²) in [4.78, 5) is 27.7. The van der Waals surface area contributed by atoms with E-state index in [9.17, 15) is 14.7 Å². The lowest BCUT2D eigenvalue weighted by Gasteiger charge is -2.22. The van der Waals surface area contributed by atoms with Gasteiger partial charge in [-0.25, -0.2) is 0 Å². The van der Waals surface area contributed by atoms with E-state index >= 15 is 0 Å². The largest absolute Gasteiger partial charge is 0.465 e. The molecule has 6 nitrogen and oxygen atoms in total. The standard InChI is InChI=1S/C48H91NO5/c1-5-9-13-17-19-25-35-45(33-23-15-11-7-3)43-53-47(51)37-27-21-29-39-49(41-31-32-42-50)40-30-22-28-38-48(52)54-44-46(34-24-16-12-8-4)36-26-20-18-14-10-6-2/h11-12,15-16,45-46,50H,5-10,13-14,17-44H2,1-4H3/b15-11+,16-12+. The maximum absolute atomic E-state index is 12.6. The Kier molecular flexibility index (Phi) is 41.2. The molecule has 318 valence electrons.